The van der Waals surface area contributed by atoms with Crippen molar-refractivity contribution in [2.24, 2.45) is 0 Å². The first kappa shape index (κ1) is 12.6. The summed E-state index contributed by atoms with van der Waals surface area (Å²) >= 11 is 0. The minimum atomic E-state index is -1.41. The second-order valence-electron chi connectivity index (χ2n) is 3.37. The van der Waals surface area contributed by atoms with E-state index in [9.17, 15) is 9.00 Å². The summed E-state index contributed by atoms with van der Waals surface area (Å²) in [6.07, 6.45) is -0.181. The quantitative estimate of drug-likeness (QED) is 0.720. The number of carbonyl (C=O) groups is 1. The van der Waals surface area contributed by atoms with Crippen molar-refractivity contribution in [3.05, 3.63) is 0 Å². The van der Waals surface area contributed by atoms with Gasteiger partial charge < -0.3 is 9.84 Å². The SMILES string of the molecule is COC(C)CS(=O)C(C)(C)C(=O)O. The molecule has 13 heavy (non-hydrogen) atoms. The summed E-state index contributed by atoms with van der Waals surface area (Å²) in [5, 5.41) is 8.76. The number of hydrogen-bond acceptors (Lipinski definition) is 3. The number of carboxylic acids is 1. The molecule has 0 aromatic carbocycles. The third-order valence-electron chi connectivity index (χ3n) is 1.87. The Kier molecular flexibility index (Phi) is 4.56. The molecule has 0 saturated carbocycles. The Bertz CT molecular complexity index is 212. The summed E-state index contributed by atoms with van der Waals surface area (Å²) in [6.45, 7) is 4.66. The van der Waals surface area contributed by atoms with Gasteiger partial charge in [-0.25, -0.2) is 0 Å². The largest absolute Gasteiger partial charge is 0.480 e. The Morgan fingerprint density at radius 2 is 2.08 bits per heavy atom. The van der Waals surface area contributed by atoms with Crippen LogP contribution in [0.1, 0.15) is 20.8 Å². The number of carboxylic acid groups (broad SMARTS) is 1. The van der Waals surface area contributed by atoms with Crippen LogP contribution in [0, 0.1) is 0 Å². The number of ether oxygens (including phenoxy) is 1. The van der Waals surface area contributed by atoms with Crippen LogP contribution in [-0.2, 0) is 20.3 Å². The third-order valence-corrected chi connectivity index (χ3v) is 3.96. The lowest BCUT2D eigenvalue weighted by Gasteiger charge is -2.20. The monoisotopic (exact) mass is 208 g/mol. The molecule has 0 amide bonds. The van der Waals surface area contributed by atoms with Crippen LogP contribution < -0.4 is 0 Å². The summed E-state index contributed by atoms with van der Waals surface area (Å²) in [7, 11) is 0.0946. The van der Waals surface area contributed by atoms with E-state index in [0.717, 1.165) is 0 Å². The molecule has 1 N–H and O–H groups in total. The molecule has 2 atom stereocenters. The van der Waals surface area contributed by atoms with Gasteiger partial charge in [0.15, 0.2) is 0 Å². The molecule has 0 radical (unpaired) electrons. The number of hydrogen-bond donors (Lipinski definition) is 1. The van der Waals surface area contributed by atoms with Gasteiger partial charge in [0.25, 0.3) is 0 Å². The summed E-state index contributed by atoms with van der Waals surface area (Å²) < 4.78 is 15.2. The highest BCUT2D eigenvalue weighted by Gasteiger charge is 2.34. The van der Waals surface area contributed by atoms with Gasteiger partial charge in [-0.3, -0.25) is 9.00 Å². The maximum absolute atomic E-state index is 11.5. The second kappa shape index (κ2) is 4.72. The average Bonchev–Trinajstić information content (AvgIpc) is 2.03. The molecule has 0 fully saturated rings. The summed E-state index contributed by atoms with van der Waals surface area (Å²) in [5.74, 6) is -0.801. The van der Waals surface area contributed by atoms with Gasteiger partial charge in [-0.05, 0) is 20.8 Å². The van der Waals surface area contributed by atoms with Crippen molar-refractivity contribution in [2.75, 3.05) is 12.9 Å². The smallest absolute Gasteiger partial charge is 0.321 e. The minimum absolute atomic E-state index is 0.181. The molecule has 0 rings (SSSR count). The van der Waals surface area contributed by atoms with Crippen molar-refractivity contribution in [3.8, 4) is 0 Å². The number of aliphatic carboxylic acids is 1. The minimum Gasteiger partial charge on any atom is -0.480 e. The normalized spacial score (nSPS) is 16.6. The predicted octanol–water partition coefficient (Wildman–Crippen LogP) is 0.633. The van der Waals surface area contributed by atoms with Crippen LogP contribution in [0.15, 0.2) is 0 Å². The fraction of sp³-hybridized carbons (Fsp3) is 0.875. The molecule has 0 bridgehead atoms. The van der Waals surface area contributed by atoms with Crippen LogP contribution in [0.3, 0.4) is 0 Å². The van der Waals surface area contributed by atoms with Crippen molar-refractivity contribution >= 4 is 16.8 Å². The van der Waals surface area contributed by atoms with Crippen molar-refractivity contribution in [3.63, 3.8) is 0 Å². The van der Waals surface area contributed by atoms with Gasteiger partial charge in [0.05, 0.1) is 11.9 Å². The van der Waals surface area contributed by atoms with Crippen molar-refractivity contribution in [1.29, 1.82) is 0 Å². The third kappa shape index (κ3) is 3.44. The average molecular weight is 208 g/mol. The van der Waals surface area contributed by atoms with E-state index in [4.69, 9.17) is 9.84 Å². The summed E-state index contributed by atoms with van der Waals surface area (Å²) in [5.41, 5.74) is 0. The van der Waals surface area contributed by atoms with E-state index in [1.54, 1.807) is 6.92 Å². The zero-order valence-electron chi connectivity index (χ0n) is 8.36. The van der Waals surface area contributed by atoms with E-state index in [1.807, 2.05) is 0 Å². The molecule has 0 aliphatic rings. The highest BCUT2D eigenvalue weighted by Crippen LogP contribution is 2.14. The lowest BCUT2D eigenvalue weighted by atomic mass is 10.2. The lowest BCUT2D eigenvalue weighted by Crippen LogP contribution is -2.39. The highest BCUT2D eigenvalue weighted by molar-refractivity contribution is 7.87. The van der Waals surface area contributed by atoms with Crippen LogP contribution >= 0.6 is 0 Å². The molecule has 0 aromatic heterocycles. The van der Waals surface area contributed by atoms with E-state index in [2.05, 4.69) is 0 Å². The van der Waals surface area contributed by atoms with Gasteiger partial charge >= 0.3 is 5.97 Å². The van der Waals surface area contributed by atoms with E-state index in [-0.39, 0.29) is 11.9 Å². The zero-order chi connectivity index (χ0) is 10.6. The van der Waals surface area contributed by atoms with E-state index >= 15 is 0 Å². The summed E-state index contributed by atoms with van der Waals surface area (Å²) in [6, 6.07) is 0. The zero-order valence-corrected chi connectivity index (χ0v) is 9.18. The molecule has 0 spiro atoms. The van der Waals surface area contributed by atoms with Crippen molar-refractivity contribution in [1.82, 2.24) is 0 Å². The molecule has 0 aliphatic heterocycles. The van der Waals surface area contributed by atoms with Crippen LogP contribution in [0.5, 0.6) is 0 Å². The van der Waals surface area contributed by atoms with Crippen LogP contribution in [-0.4, -0.2) is 39.0 Å². The first-order valence-electron chi connectivity index (χ1n) is 3.97. The second-order valence-corrected chi connectivity index (χ2v) is 5.42. The van der Waals surface area contributed by atoms with Gasteiger partial charge in [0.1, 0.15) is 4.75 Å². The Hall–Kier alpha value is -0.420. The first-order chi connectivity index (χ1) is 5.82. The first-order valence-corrected chi connectivity index (χ1v) is 5.29. The molecule has 2 unspecified atom stereocenters. The summed E-state index contributed by atoms with van der Waals surface area (Å²) in [4.78, 5) is 10.7. The van der Waals surface area contributed by atoms with E-state index < -0.39 is 21.5 Å². The maximum Gasteiger partial charge on any atom is 0.321 e. The van der Waals surface area contributed by atoms with Crippen LogP contribution in [0.4, 0.5) is 0 Å². The maximum atomic E-state index is 11.5. The topological polar surface area (TPSA) is 63.6 Å². The van der Waals surface area contributed by atoms with Crippen molar-refractivity contribution in [2.45, 2.75) is 31.6 Å². The molecule has 0 saturated heterocycles. The van der Waals surface area contributed by atoms with E-state index in [0.29, 0.717) is 0 Å². The fourth-order valence-electron chi connectivity index (χ4n) is 0.587. The Morgan fingerprint density at radius 3 is 2.38 bits per heavy atom. The molecule has 78 valence electrons. The Balaban J connectivity index is 4.34. The van der Waals surface area contributed by atoms with Gasteiger partial charge in [-0.15, -0.1) is 0 Å². The Labute approximate surface area is 80.7 Å². The standard InChI is InChI=1S/C8H16O4S/c1-6(12-4)5-13(11)8(2,3)7(9)10/h6H,5H2,1-4H3,(H,9,10). The van der Waals surface area contributed by atoms with Crippen LogP contribution in [0.25, 0.3) is 0 Å². The highest BCUT2D eigenvalue weighted by atomic mass is 32.2. The van der Waals surface area contributed by atoms with Gasteiger partial charge in [-0.1, -0.05) is 0 Å². The lowest BCUT2D eigenvalue weighted by molar-refractivity contribution is -0.139. The number of rotatable bonds is 5. The molecule has 5 heteroatoms. The molecule has 4 nitrogen and oxygen atoms in total. The van der Waals surface area contributed by atoms with Crippen molar-refractivity contribution < 1.29 is 18.8 Å². The predicted molar refractivity (Wildman–Crippen MR) is 51.2 cm³/mol. The molecular weight excluding hydrogens is 192 g/mol. The number of methoxy groups -OCH3 is 1. The fourth-order valence-corrected chi connectivity index (χ4v) is 1.76. The molecule has 0 aliphatic carbocycles. The van der Waals surface area contributed by atoms with Gasteiger partial charge in [0, 0.05) is 17.9 Å². The molecule has 0 aromatic rings. The van der Waals surface area contributed by atoms with Gasteiger partial charge in [-0.2, -0.15) is 0 Å². The van der Waals surface area contributed by atoms with Gasteiger partial charge in [0.2, 0.25) is 0 Å². The Morgan fingerprint density at radius 1 is 1.62 bits per heavy atom. The van der Waals surface area contributed by atoms with Crippen LogP contribution in [0.2, 0.25) is 0 Å². The molecular formula is C8H16O4S. The molecule has 0 heterocycles. The van der Waals surface area contributed by atoms with E-state index in [1.165, 1.54) is 21.0 Å².